The Kier molecular flexibility index (Phi) is 3.50. The number of halogens is 1. The number of H-pyrrole nitrogens is 1. The van der Waals surface area contributed by atoms with Crippen LogP contribution in [0.4, 0.5) is 10.1 Å². The Balaban J connectivity index is 2.24. The minimum Gasteiger partial charge on any atom is -0.379 e. The second-order valence-electron chi connectivity index (χ2n) is 4.32. The van der Waals surface area contributed by atoms with E-state index in [0.29, 0.717) is 17.8 Å². The van der Waals surface area contributed by atoms with Crippen molar-refractivity contribution < 1.29 is 9.18 Å². The van der Waals surface area contributed by atoms with E-state index in [1.807, 2.05) is 6.92 Å². The first-order valence-electron chi connectivity index (χ1n) is 5.81. The first-order chi connectivity index (χ1) is 8.99. The highest BCUT2D eigenvalue weighted by Gasteiger charge is 2.11. The van der Waals surface area contributed by atoms with Crippen molar-refractivity contribution in [2.45, 2.75) is 20.4 Å². The fourth-order valence-corrected chi connectivity index (χ4v) is 1.75. The van der Waals surface area contributed by atoms with E-state index in [9.17, 15) is 9.18 Å². The third kappa shape index (κ3) is 2.73. The predicted octanol–water partition coefficient (Wildman–Crippen LogP) is 1.88. The van der Waals surface area contributed by atoms with Crippen LogP contribution in [0.1, 0.15) is 27.3 Å². The number of primary amides is 1. The summed E-state index contributed by atoms with van der Waals surface area (Å²) in [5.74, 6) is -1.12. The molecule has 0 spiro atoms. The summed E-state index contributed by atoms with van der Waals surface area (Å²) in [6, 6.07) is 2.69. The lowest BCUT2D eigenvalue weighted by Crippen LogP contribution is -2.13. The van der Waals surface area contributed by atoms with Gasteiger partial charge < -0.3 is 16.0 Å². The van der Waals surface area contributed by atoms with Gasteiger partial charge in [0.2, 0.25) is 5.91 Å². The molecule has 1 amide bonds. The molecule has 5 nitrogen and oxygen atoms in total. The minimum atomic E-state index is -0.655. The highest BCUT2D eigenvalue weighted by Crippen LogP contribution is 2.21. The molecule has 0 saturated heterocycles. The zero-order valence-corrected chi connectivity index (χ0v) is 10.7. The summed E-state index contributed by atoms with van der Waals surface area (Å²) < 4.78 is 13.7. The SMILES string of the molecule is Cc1[nH]cnc1CNc1cc(C(N)=O)cc(F)c1C. The number of rotatable bonds is 4. The largest absolute Gasteiger partial charge is 0.379 e. The van der Waals surface area contributed by atoms with Crippen molar-refractivity contribution in [3.05, 3.63) is 46.8 Å². The van der Waals surface area contributed by atoms with Crippen LogP contribution in [-0.2, 0) is 6.54 Å². The molecule has 19 heavy (non-hydrogen) atoms. The molecule has 0 aliphatic rings. The lowest BCUT2D eigenvalue weighted by atomic mass is 10.1. The molecule has 0 aliphatic carbocycles. The van der Waals surface area contributed by atoms with Gasteiger partial charge in [0, 0.05) is 22.5 Å². The third-order valence-corrected chi connectivity index (χ3v) is 3.01. The number of aryl methyl sites for hydroxylation is 1. The van der Waals surface area contributed by atoms with Gasteiger partial charge in [0.1, 0.15) is 5.82 Å². The second kappa shape index (κ2) is 5.09. The minimum absolute atomic E-state index is 0.143. The van der Waals surface area contributed by atoms with Crippen LogP contribution in [0.2, 0.25) is 0 Å². The summed E-state index contributed by atoms with van der Waals surface area (Å²) in [5, 5.41) is 3.06. The molecule has 0 fully saturated rings. The van der Waals surface area contributed by atoms with E-state index in [1.54, 1.807) is 19.3 Å². The smallest absolute Gasteiger partial charge is 0.248 e. The number of imidazole rings is 1. The molecule has 0 radical (unpaired) electrons. The number of hydrogen-bond donors (Lipinski definition) is 3. The van der Waals surface area contributed by atoms with E-state index in [4.69, 9.17) is 5.73 Å². The quantitative estimate of drug-likeness (QED) is 0.786. The molecule has 0 aliphatic heterocycles. The van der Waals surface area contributed by atoms with Crippen LogP contribution in [0.25, 0.3) is 0 Å². The van der Waals surface area contributed by atoms with Gasteiger partial charge in [0.25, 0.3) is 0 Å². The normalized spacial score (nSPS) is 10.5. The molecule has 0 bridgehead atoms. The van der Waals surface area contributed by atoms with E-state index in [0.717, 1.165) is 17.5 Å². The van der Waals surface area contributed by atoms with Gasteiger partial charge in [-0.1, -0.05) is 0 Å². The van der Waals surface area contributed by atoms with Crippen LogP contribution in [0.3, 0.4) is 0 Å². The van der Waals surface area contributed by atoms with Crippen LogP contribution < -0.4 is 11.1 Å². The standard InChI is InChI=1S/C13H15FN4O/c1-7-10(14)3-9(13(15)19)4-11(7)16-5-12-8(2)17-6-18-12/h3-4,6,16H,5H2,1-2H3,(H2,15,19)(H,17,18). The van der Waals surface area contributed by atoms with Gasteiger partial charge in [-0.05, 0) is 26.0 Å². The Morgan fingerprint density at radius 2 is 2.21 bits per heavy atom. The number of aromatic nitrogens is 2. The number of amides is 1. The maximum absolute atomic E-state index is 13.7. The van der Waals surface area contributed by atoms with Crippen molar-refractivity contribution in [3.8, 4) is 0 Å². The lowest BCUT2D eigenvalue weighted by Gasteiger charge is -2.11. The fraction of sp³-hybridized carbons (Fsp3) is 0.231. The Labute approximate surface area is 110 Å². The van der Waals surface area contributed by atoms with Gasteiger partial charge in [-0.3, -0.25) is 4.79 Å². The highest BCUT2D eigenvalue weighted by molar-refractivity contribution is 5.94. The third-order valence-electron chi connectivity index (χ3n) is 3.01. The van der Waals surface area contributed by atoms with E-state index < -0.39 is 11.7 Å². The van der Waals surface area contributed by atoms with Crippen molar-refractivity contribution in [1.29, 1.82) is 0 Å². The number of nitrogens with zero attached hydrogens (tertiary/aromatic N) is 1. The average Bonchev–Trinajstić information content (AvgIpc) is 2.76. The van der Waals surface area contributed by atoms with Crippen molar-refractivity contribution in [3.63, 3.8) is 0 Å². The Morgan fingerprint density at radius 1 is 1.47 bits per heavy atom. The highest BCUT2D eigenvalue weighted by atomic mass is 19.1. The van der Waals surface area contributed by atoms with Gasteiger partial charge in [0.05, 0.1) is 18.6 Å². The average molecular weight is 262 g/mol. The van der Waals surface area contributed by atoms with Crippen LogP contribution in [0.15, 0.2) is 18.5 Å². The first kappa shape index (κ1) is 13.1. The molecule has 2 rings (SSSR count). The first-order valence-corrected chi connectivity index (χ1v) is 5.81. The lowest BCUT2D eigenvalue weighted by molar-refractivity contribution is 0.1000. The van der Waals surface area contributed by atoms with Crippen molar-refractivity contribution in [2.75, 3.05) is 5.32 Å². The van der Waals surface area contributed by atoms with Crippen molar-refractivity contribution in [2.24, 2.45) is 5.73 Å². The summed E-state index contributed by atoms with van der Waals surface area (Å²) in [5.41, 5.74) is 8.07. The molecule has 0 saturated carbocycles. The molecule has 6 heteroatoms. The van der Waals surface area contributed by atoms with E-state index in [1.165, 1.54) is 0 Å². The van der Waals surface area contributed by atoms with Crippen molar-refractivity contribution in [1.82, 2.24) is 9.97 Å². The van der Waals surface area contributed by atoms with Gasteiger partial charge in [-0.15, -0.1) is 0 Å². The van der Waals surface area contributed by atoms with E-state index in [2.05, 4.69) is 15.3 Å². The number of aromatic amines is 1. The zero-order valence-electron chi connectivity index (χ0n) is 10.7. The molecule has 100 valence electrons. The second-order valence-corrected chi connectivity index (χ2v) is 4.32. The zero-order chi connectivity index (χ0) is 14.0. The van der Waals surface area contributed by atoms with Crippen LogP contribution in [0, 0.1) is 19.7 Å². The summed E-state index contributed by atoms with van der Waals surface area (Å²) in [4.78, 5) is 18.2. The van der Waals surface area contributed by atoms with Gasteiger partial charge in [0.15, 0.2) is 0 Å². The van der Waals surface area contributed by atoms with Gasteiger partial charge in [-0.25, -0.2) is 9.37 Å². The van der Waals surface area contributed by atoms with Crippen molar-refractivity contribution >= 4 is 11.6 Å². The monoisotopic (exact) mass is 262 g/mol. The molecule has 4 N–H and O–H groups in total. The number of nitrogens with two attached hydrogens (primary N) is 1. The number of anilines is 1. The maximum Gasteiger partial charge on any atom is 0.248 e. The molecule has 0 unspecified atom stereocenters. The van der Waals surface area contributed by atoms with Crippen LogP contribution in [0.5, 0.6) is 0 Å². The molecular formula is C13H15FN4O. The van der Waals surface area contributed by atoms with E-state index in [-0.39, 0.29) is 5.56 Å². The number of hydrogen-bond acceptors (Lipinski definition) is 3. The fourth-order valence-electron chi connectivity index (χ4n) is 1.75. The molecule has 2 aromatic rings. The summed E-state index contributed by atoms with van der Waals surface area (Å²) >= 11 is 0. The summed E-state index contributed by atoms with van der Waals surface area (Å²) in [6.07, 6.45) is 1.60. The summed E-state index contributed by atoms with van der Waals surface area (Å²) in [6.45, 7) is 3.98. The van der Waals surface area contributed by atoms with Crippen LogP contribution >= 0.6 is 0 Å². The Hall–Kier alpha value is -2.37. The Morgan fingerprint density at radius 3 is 2.79 bits per heavy atom. The summed E-state index contributed by atoms with van der Waals surface area (Å²) in [7, 11) is 0. The number of nitrogens with one attached hydrogen (secondary N) is 2. The molecule has 0 atom stereocenters. The molecule has 1 aromatic heterocycles. The van der Waals surface area contributed by atoms with Crippen LogP contribution in [-0.4, -0.2) is 15.9 Å². The van der Waals surface area contributed by atoms with Gasteiger partial charge in [-0.2, -0.15) is 0 Å². The molecule has 1 heterocycles. The number of benzene rings is 1. The van der Waals surface area contributed by atoms with Gasteiger partial charge >= 0.3 is 0 Å². The molecular weight excluding hydrogens is 247 g/mol. The maximum atomic E-state index is 13.7. The number of carbonyl (C=O) groups is 1. The Bertz CT molecular complexity index is 621. The van der Waals surface area contributed by atoms with E-state index >= 15 is 0 Å². The predicted molar refractivity (Wildman–Crippen MR) is 70.3 cm³/mol. The number of carbonyl (C=O) groups excluding carboxylic acids is 1. The molecule has 1 aromatic carbocycles. The topological polar surface area (TPSA) is 83.8 Å².